The molecule has 33 heavy (non-hydrogen) atoms. The van der Waals surface area contributed by atoms with Crippen molar-refractivity contribution in [2.24, 2.45) is 5.73 Å². The second kappa shape index (κ2) is 8.01. The number of nitrogens with zero attached hydrogens (tertiary/aromatic N) is 5. The summed E-state index contributed by atoms with van der Waals surface area (Å²) in [7, 11) is 0. The second-order valence-electron chi connectivity index (χ2n) is 7.66. The maximum absolute atomic E-state index is 13.1. The third-order valence-electron chi connectivity index (χ3n) is 5.49. The van der Waals surface area contributed by atoms with Crippen LogP contribution in [0.5, 0.6) is 0 Å². The van der Waals surface area contributed by atoms with E-state index in [1.807, 2.05) is 12.1 Å². The Morgan fingerprint density at radius 1 is 1.27 bits per heavy atom. The summed E-state index contributed by atoms with van der Waals surface area (Å²) in [5, 5.41) is 4.62. The smallest absolute Gasteiger partial charge is 0.373 e. The van der Waals surface area contributed by atoms with Crippen LogP contribution in [0, 0.1) is 0 Å². The minimum Gasteiger partial charge on any atom is -0.373 e. The predicted molar refractivity (Wildman–Crippen MR) is 106 cm³/mol. The fourth-order valence-electron chi connectivity index (χ4n) is 3.84. The first-order chi connectivity index (χ1) is 15.7. The lowest BCUT2D eigenvalue weighted by atomic mass is 10.0. The van der Waals surface area contributed by atoms with E-state index in [1.165, 1.54) is 0 Å². The van der Waals surface area contributed by atoms with Gasteiger partial charge < -0.3 is 9.26 Å². The zero-order valence-corrected chi connectivity index (χ0v) is 17.5. The molecule has 2 aliphatic heterocycles. The Bertz CT molecular complexity index is 1180. The molecule has 3 aromatic rings. The maximum atomic E-state index is 13.1. The molecule has 10 nitrogen and oxygen atoms in total. The summed E-state index contributed by atoms with van der Waals surface area (Å²) in [5.74, 6) is -1.64. The first kappa shape index (κ1) is 21.7. The molecule has 3 atom stereocenters. The topological polar surface area (TPSA) is 124 Å². The molecule has 4 heterocycles. The molecule has 0 spiro atoms. The zero-order chi connectivity index (χ0) is 23.3. The van der Waals surface area contributed by atoms with Crippen molar-refractivity contribution in [3.63, 3.8) is 0 Å². The van der Waals surface area contributed by atoms with Gasteiger partial charge in [-0.05, 0) is 24.1 Å². The summed E-state index contributed by atoms with van der Waals surface area (Å²) >= 11 is 5.93. The number of rotatable bonds is 4. The monoisotopic (exact) mass is 483 g/mol. The second-order valence-corrected chi connectivity index (χ2v) is 8.10. The van der Waals surface area contributed by atoms with Gasteiger partial charge in [0.25, 0.3) is 5.91 Å². The molecule has 2 aromatic heterocycles. The number of hydrogen-bond acceptors (Lipinski definition) is 8. The number of imidazole rings is 1. The van der Waals surface area contributed by atoms with Gasteiger partial charge in [0.1, 0.15) is 12.2 Å². The van der Waals surface area contributed by atoms with Crippen LogP contribution in [0.15, 0.2) is 35.0 Å². The Labute approximate surface area is 189 Å². The number of aromatic nitrogens is 4. The molecule has 1 fully saturated rings. The molecule has 1 aromatic carbocycles. The maximum Gasteiger partial charge on any atom is 0.451 e. The Hall–Kier alpha value is -3.16. The number of alkyl halides is 3. The molecule has 0 bridgehead atoms. The normalized spacial score (nSPS) is 23.0. The van der Waals surface area contributed by atoms with Crippen LogP contribution in [0.4, 0.5) is 13.2 Å². The SMILES string of the molecule is NC1Nn2c(cnc2C(F)(F)F)C(=O)N1Cc1nc([C@@H]2CO[C@@H](c3ccc(Cl)cc3)C2)no1. The standard InChI is InChI=1S/C19H17ClF3N7O3/c20-11-3-1-9(2-4-11)13-5-10(8-32-13)15-26-14(33-28-15)7-29-16(31)12-6-25-17(19(21,22)23)30(12)27-18(29)24/h1-4,6,10,13,18,27H,5,7-8,24H2/t10-,13+,18?/m0/s1. The molecule has 1 unspecified atom stereocenters. The first-order valence-electron chi connectivity index (χ1n) is 9.88. The molecule has 14 heteroatoms. The molecular weight excluding hydrogens is 467 g/mol. The molecule has 5 rings (SSSR count). The molecule has 0 aliphatic carbocycles. The average Bonchev–Trinajstić information content (AvgIpc) is 3.50. The van der Waals surface area contributed by atoms with E-state index in [4.69, 9.17) is 26.6 Å². The number of hydrogen-bond donors (Lipinski definition) is 2. The first-order valence-corrected chi connectivity index (χ1v) is 10.3. The van der Waals surface area contributed by atoms with Crippen LogP contribution < -0.4 is 11.2 Å². The zero-order valence-electron chi connectivity index (χ0n) is 16.8. The number of nitrogens with one attached hydrogen (secondary N) is 1. The fraction of sp³-hybridized carbons (Fsp3) is 0.368. The van der Waals surface area contributed by atoms with Gasteiger partial charge in [-0.15, -0.1) is 0 Å². The van der Waals surface area contributed by atoms with Crippen LogP contribution >= 0.6 is 11.6 Å². The van der Waals surface area contributed by atoms with E-state index in [-0.39, 0.29) is 30.2 Å². The van der Waals surface area contributed by atoms with Gasteiger partial charge in [0, 0.05) is 10.9 Å². The van der Waals surface area contributed by atoms with Gasteiger partial charge in [0.15, 0.2) is 12.1 Å². The largest absolute Gasteiger partial charge is 0.451 e. The number of carbonyl (C=O) groups is 1. The summed E-state index contributed by atoms with van der Waals surface area (Å²) in [6.45, 7) is 0.191. The van der Waals surface area contributed by atoms with Crippen molar-refractivity contribution >= 4 is 17.5 Å². The van der Waals surface area contributed by atoms with E-state index in [9.17, 15) is 18.0 Å². The summed E-state index contributed by atoms with van der Waals surface area (Å²) in [4.78, 5) is 21.4. The lowest BCUT2D eigenvalue weighted by Crippen LogP contribution is -2.57. The minimum atomic E-state index is -4.75. The summed E-state index contributed by atoms with van der Waals surface area (Å²) in [5.41, 5.74) is 8.96. The third kappa shape index (κ3) is 4.03. The van der Waals surface area contributed by atoms with Crippen molar-refractivity contribution in [2.75, 3.05) is 12.0 Å². The molecule has 0 saturated carbocycles. The highest BCUT2D eigenvalue weighted by Crippen LogP contribution is 2.37. The fourth-order valence-corrected chi connectivity index (χ4v) is 3.97. The van der Waals surface area contributed by atoms with Crippen molar-refractivity contribution in [1.82, 2.24) is 24.7 Å². The lowest BCUT2D eigenvalue weighted by Gasteiger charge is -2.34. The lowest BCUT2D eigenvalue weighted by molar-refractivity contribution is -0.146. The van der Waals surface area contributed by atoms with Gasteiger partial charge in [0.2, 0.25) is 11.7 Å². The summed E-state index contributed by atoms with van der Waals surface area (Å²) in [6.07, 6.45) is -4.69. The van der Waals surface area contributed by atoms with E-state index in [1.54, 1.807) is 12.1 Å². The van der Waals surface area contributed by atoms with E-state index in [0.717, 1.165) is 16.7 Å². The third-order valence-corrected chi connectivity index (χ3v) is 5.74. The predicted octanol–water partition coefficient (Wildman–Crippen LogP) is 2.63. The molecule has 1 saturated heterocycles. The highest BCUT2D eigenvalue weighted by atomic mass is 35.5. The Morgan fingerprint density at radius 3 is 2.76 bits per heavy atom. The number of nitrogens with two attached hydrogens (primary N) is 1. The number of amides is 1. The van der Waals surface area contributed by atoms with Crippen molar-refractivity contribution < 1.29 is 27.2 Å². The summed E-state index contributed by atoms with van der Waals surface area (Å²) in [6, 6.07) is 7.36. The van der Waals surface area contributed by atoms with E-state index in [0.29, 0.717) is 28.6 Å². The minimum absolute atomic E-state index is 0.0922. The van der Waals surface area contributed by atoms with E-state index >= 15 is 0 Å². The molecule has 3 N–H and O–H groups in total. The van der Waals surface area contributed by atoms with Crippen LogP contribution in [0.25, 0.3) is 0 Å². The number of ether oxygens (including phenoxy) is 1. The van der Waals surface area contributed by atoms with Crippen LogP contribution in [0.1, 0.15) is 52.0 Å². The van der Waals surface area contributed by atoms with Gasteiger partial charge in [-0.3, -0.25) is 20.9 Å². The van der Waals surface area contributed by atoms with Crippen molar-refractivity contribution in [1.29, 1.82) is 0 Å². The van der Waals surface area contributed by atoms with E-state index < -0.39 is 24.2 Å². The highest BCUT2D eigenvalue weighted by Gasteiger charge is 2.42. The van der Waals surface area contributed by atoms with Crippen LogP contribution in [-0.2, 0) is 17.5 Å². The van der Waals surface area contributed by atoms with Crippen LogP contribution in [-0.4, -0.2) is 43.5 Å². The number of halogens is 4. The van der Waals surface area contributed by atoms with Crippen molar-refractivity contribution in [2.45, 2.75) is 37.5 Å². The highest BCUT2D eigenvalue weighted by molar-refractivity contribution is 6.30. The van der Waals surface area contributed by atoms with Gasteiger partial charge in [-0.25, -0.2) is 9.66 Å². The van der Waals surface area contributed by atoms with E-state index in [2.05, 4.69) is 20.6 Å². The van der Waals surface area contributed by atoms with Gasteiger partial charge >= 0.3 is 6.18 Å². The van der Waals surface area contributed by atoms with Crippen LogP contribution in [0.2, 0.25) is 5.02 Å². The van der Waals surface area contributed by atoms with Crippen molar-refractivity contribution in [3.05, 3.63) is 64.3 Å². The molecule has 2 aliphatic rings. The van der Waals surface area contributed by atoms with Gasteiger partial charge in [-0.1, -0.05) is 28.9 Å². The number of fused-ring (bicyclic) bond motifs is 1. The Kier molecular flexibility index (Phi) is 5.26. The number of carbonyl (C=O) groups excluding carboxylic acids is 1. The molecule has 174 valence electrons. The van der Waals surface area contributed by atoms with Crippen LogP contribution in [0.3, 0.4) is 0 Å². The Balaban J connectivity index is 1.28. The van der Waals surface area contributed by atoms with Gasteiger partial charge in [0.05, 0.1) is 18.9 Å². The molecular formula is C19H17ClF3N7O3. The molecule has 0 radical (unpaired) electrons. The Morgan fingerprint density at radius 2 is 2.03 bits per heavy atom. The summed E-state index contributed by atoms with van der Waals surface area (Å²) < 4.78 is 50.9. The van der Waals surface area contributed by atoms with Gasteiger partial charge in [-0.2, -0.15) is 18.2 Å². The molecule has 1 amide bonds. The quantitative estimate of drug-likeness (QED) is 0.580. The average molecular weight is 484 g/mol. The number of benzene rings is 1. The van der Waals surface area contributed by atoms with Crippen molar-refractivity contribution in [3.8, 4) is 0 Å².